The molecule has 0 bridgehead atoms. The van der Waals surface area contributed by atoms with E-state index in [0.29, 0.717) is 0 Å². The van der Waals surface area contributed by atoms with E-state index in [-0.39, 0.29) is 19.1 Å². The van der Waals surface area contributed by atoms with Crippen LogP contribution in [0.1, 0.15) is 41.5 Å². The van der Waals surface area contributed by atoms with Gasteiger partial charge in [0.15, 0.2) is 0 Å². The lowest BCUT2D eigenvalue weighted by Crippen LogP contribution is -2.52. The molecule has 2 N–H and O–H groups in total. The predicted octanol–water partition coefficient (Wildman–Crippen LogP) is 0.855. The Balaban J connectivity index is 2.90. The molecule has 1 aliphatic rings. The third-order valence-corrected chi connectivity index (χ3v) is 3.11. The van der Waals surface area contributed by atoms with Crippen LogP contribution in [0.15, 0.2) is 0 Å². The third kappa shape index (κ3) is 4.57. The van der Waals surface area contributed by atoms with Gasteiger partial charge in [0.05, 0.1) is 12.6 Å². The lowest BCUT2D eigenvalue weighted by Gasteiger charge is -2.34. The topological polar surface area (TPSA) is 88.1 Å². The molecule has 0 radical (unpaired) electrons. The van der Waals surface area contributed by atoms with Crippen molar-refractivity contribution in [2.45, 2.75) is 65.0 Å². The Morgan fingerprint density at radius 1 is 1.38 bits per heavy atom. The summed E-state index contributed by atoms with van der Waals surface area (Å²) in [4.78, 5) is 24.8. The van der Waals surface area contributed by atoms with Gasteiger partial charge >= 0.3 is 6.09 Å². The number of carbonyl (C=O) groups is 2. The van der Waals surface area contributed by atoms with Crippen LogP contribution in [-0.2, 0) is 14.3 Å². The molecular formula is C14H26N2O5. The van der Waals surface area contributed by atoms with Crippen molar-refractivity contribution < 1.29 is 24.2 Å². The number of hydrogen-bond donors (Lipinski definition) is 2. The summed E-state index contributed by atoms with van der Waals surface area (Å²) in [7, 11) is 0. The van der Waals surface area contributed by atoms with Crippen molar-refractivity contribution in [2.24, 2.45) is 0 Å². The Hall–Kier alpha value is -1.34. The summed E-state index contributed by atoms with van der Waals surface area (Å²) in [6.07, 6.45) is -1.03. The minimum atomic E-state index is -0.918. The molecule has 0 aliphatic carbocycles. The molecule has 122 valence electrons. The maximum atomic E-state index is 12.4. The highest BCUT2D eigenvalue weighted by Gasteiger charge is 2.50. The number of rotatable bonds is 3. The molecule has 2 unspecified atom stereocenters. The van der Waals surface area contributed by atoms with Crippen LogP contribution < -0.4 is 5.32 Å². The molecule has 1 saturated heterocycles. The highest BCUT2D eigenvalue weighted by molar-refractivity contribution is 5.73. The predicted molar refractivity (Wildman–Crippen MR) is 76.6 cm³/mol. The summed E-state index contributed by atoms with van der Waals surface area (Å²) in [6.45, 7) is 10.1. The van der Waals surface area contributed by atoms with Crippen molar-refractivity contribution in [1.29, 1.82) is 0 Å². The first-order chi connectivity index (χ1) is 9.48. The molecule has 1 fully saturated rings. The zero-order chi connectivity index (χ0) is 16.4. The summed E-state index contributed by atoms with van der Waals surface area (Å²) in [5.74, 6) is -0.191. The van der Waals surface area contributed by atoms with Crippen LogP contribution in [0, 0.1) is 0 Å². The number of aliphatic hydroxyl groups is 1. The molecule has 1 aliphatic heterocycles. The summed E-state index contributed by atoms with van der Waals surface area (Å²) < 4.78 is 11.2. The molecule has 0 spiro atoms. The average molecular weight is 302 g/mol. The zero-order valence-corrected chi connectivity index (χ0v) is 13.6. The molecule has 1 rings (SSSR count). The molecule has 2 atom stereocenters. The third-order valence-electron chi connectivity index (χ3n) is 3.11. The van der Waals surface area contributed by atoms with Crippen LogP contribution in [0.25, 0.3) is 0 Å². The van der Waals surface area contributed by atoms with Crippen LogP contribution in [0.4, 0.5) is 4.79 Å². The number of nitrogens with zero attached hydrogens (tertiary/aromatic N) is 1. The van der Waals surface area contributed by atoms with E-state index in [1.54, 1.807) is 34.6 Å². The molecule has 0 aromatic heterocycles. The van der Waals surface area contributed by atoms with Crippen LogP contribution >= 0.6 is 0 Å². The summed E-state index contributed by atoms with van der Waals surface area (Å²) in [6, 6.07) is -0.568. The number of aliphatic hydroxyl groups excluding tert-OH is 1. The monoisotopic (exact) mass is 302 g/mol. The summed E-state index contributed by atoms with van der Waals surface area (Å²) in [5.41, 5.74) is -1.55. The smallest absolute Gasteiger partial charge is 0.412 e. The Labute approximate surface area is 125 Å². The summed E-state index contributed by atoms with van der Waals surface area (Å²) in [5, 5.41) is 12.3. The van der Waals surface area contributed by atoms with Gasteiger partial charge in [-0.15, -0.1) is 0 Å². The van der Waals surface area contributed by atoms with Gasteiger partial charge in [0.25, 0.3) is 0 Å². The lowest BCUT2D eigenvalue weighted by atomic mass is 10.1. The Morgan fingerprint density at radius 3 is 2.38 bits per heavy atom. The fourth-order valence-electron chi connectivity index (χ4n) is 2.36. The lowest BCUT2D eigenvalue weighted by molar-refractivity contribution is -0.120. The first kappa shape index (κ1) is 17.7. The van der Waals surface area contributed by atoms with Gasteiger partial charge in [-0.25, -0.2) is 4.79 Å². The summed E-state index contributed by atoms with van der Waals surface area (Å²) >= 11 is 0. The van der Waals surface area contributed by atoms with E-state index < -0.39 is 29.6 Å². The van der Waals surface area contributed by atoms with E-state index in [9.17, 15) is 14.7 Å². The van der Waals surface area contributed by atoms with Gasteiger partial charge in [-0.2, -0.15) is 0 Å². The van der Waals surface area contributed by atoms with E-state index >= 15 is 0 Å². The standard InChI is InChI=1S/C14H26N2O5/c1-9(18)15-7-11-10(8-17)16(14(5,6)20-11)12(19)21-13(2,3)4/h10-11,17H,7-8H2,1-6H3,(H,15,18). The minimum absolute atomic E-state index is 0.191. The molecule has 2 amide bonds. The second kappa shape index (κ2) is 6.19. The maximum Gasteiger partial charge on any atom is 0.412 e. The van der Waals surface area contributed by atoms with Gasteiger partial charge in [0.1, 0.15) is 17.4 Å². The van der Waals surface area contributed by atoms with E-state index in [1.165, 1.54) is 11.8 Å². The van der Waals surface area contributed by atoms with Crippen molar-refractivity contribution in [2.75, 3.05) is 13.2 Å². The number of ether oxygens (including phenoxy) is 2. The van der Waals surface area contributed by atoms with Crippen molar-refractivity contribution >= 4 is 12.0 Å². The Morgan fingerprint density at radius 2 is 1.95 bits per heavy atom. The molecule has 7 heteroatoms. The first-order valence-corrected chi connectivity index (χ1v) is 7.03. The highest BCUT2D eigenvalue weighted by atomic mass is 16.6. The molecule has 7 nitrogen and oxygen atoms in total. The molecule has 21 heavy (non-hydrogen) atoms. The van der Waals surface area contributed by atoms with E-state index in [1.807, 2.05) is 0 Å². The molecule has 0 aromatic rings. The average Bonchev–Trinajstić information content (AvgIpc) is 2.54. The van der Waals surface area contributed by atoms with Gasteiger partial charge in [0.2, 0.25) is 5.91 Å². The van der Waals surface area contributed by atoms with Crippen molar-refractivity contribution in [3.05, 3.63) is 0 Å². The van der Waals surface area contributed by atoms with Gasteiger partial charge in [-0.1, -0.05) is 0 Å². The Bertz CT molecular complexity index is 403. The highest BCUT2D eigenvalue weighted by Crippen LogP contribution is 2.33. The largest absolute Gasteiger partial charge is 0.444 e. The van der Waals surface area contributed by atoms with Crippen molar-refractivity contribution in [1.82, 2.24) is 10.2 Å². The minimum Gasteiger partial charge on any atom is -0.444 e. The van der Waals surface area contributed by atoms with Gasteiger partial charge in [0, 0.05) is 13.5 Å². The van der Waals surface area contributed by atoms with Gasteiger partial charge in [-0.05, 0) is 34.6 Å². The normalized spacial score (nSPS) is 24.8. The Kier molecular flexibility index (Phi) is 5.22. The van der Waals surface area contributed by atoms with E-state index in [4.69, 9.17) is 9.47 Å². The van der Waals surface area contributed by atoms with Gasteiger partial charge in [-0.3, -0.25) is 9.69 Å². The van der Waals surface area contributed by atoms with Crippen molar-refractivity contribution in [3.63, 3.8) is 0 Å². The molecule has 0 aromatic carbocycles. The van der Waals surface area contributed by atoms with Crippen LogP contribution in [-0.4, -0.2) is 58.6 Å². The van der Waals surface area contributed by atoms with E-state index in [2.05, 4.69) is 5.32 Å². The second-order valence-electron chi connectivity index (χ2n) is 6.64. The fourth-order valence-corrected chi connectivity index (χ4v) is 2.36. The quantitative estimate of drug-likeness (QED) is 0.807. The fraction of sp³-hybridized carbons (Fsp3) is 0.857. The van der Waals surface area contributed by atoms with Crippen LogP contribution in [0.3, 0.4) is 0 Å². The zero-order valence-electron chi connectivity index (χ0n) is 13.6. The molecule has 0 saturated carbocycles. The maximum absolute atomic E-state index is 12.4. The SMILES string of the molecule is CC(=O)NCC1OC(C)(C)N(C(=O)OC(C)(C)C)C1CO. The van der Waals surface area contributed by atoms with Gasteiger partial charge < -0.3 is 19.9 Å². The molecule has 1 heterocycles. The number of nitrogens with one attached hydrogen (secondary N) is 1. The first-order valence-electron chi connectivity index (χ1n) is 7.03. The second-order valence-corrected chi connectivity index (χ2v) is 6.64. The van der Waals surface area contributed by atoms with Crippen LogP contribution in [0.5, 0.6) is 0 Å². The molecular weight excluding hydrogens is 276 g/mol. The number of amides is 2. The number of hydrogen-bond acceptors (Lipinski definition) is 5. The number of carbonyl (C=O) groups excluding carboxylic acids is 2. The van der Waals surface area contributed by atoms with Crippen molar-refractivity contribution in [3.8, 4) is 0 Å². The van der Waals surface area contributed by atoms with E-state index in [0.717, 1.165) is 0 Å². The van der Waals surface area contributed by atoms with Crippen LogP contribution in [0.2, 0.25) is 0 Å².